The SMILES string of the molecule is CC/C=C/C/C=C/C/C=C/C/C=C/CCCCCC(=O)OCC(COCCC(C(=O)O)[N+](C)(C)C)OC(=O)CCCCCCCC/C=C/C=C/CCCCC. The van der Waals surface area contributed by atoms with E-state index in [4.69, 9.17) is 14.2 Å². The van der Waals surface area contributed by atoms with E-state index in [0.29, 0.717) is 19.3 Å². The summed E-state index contributed by atoms with van der Waals surface area (Å²) in [5.41, 5.74) is 0. The molecule has 1 N–H and O–H groups in total. The lowest BCUT2D eigenvalue weighted by Gasteiger charge is -2.31. The molecule has 0 saturated heterocycles. The lowest BCUT2D eigenvalue weighted by atomic mass is 10.1. The van der Waals surface area contributed by atoms with Crippen LogP contribution in [0.3, 0.4) is 0 Å². The highest BCUT2D eigenvalue weighted by molar-refractivity contribution is 5.72. The van der Waals surface area contributed by atoms with Crippen LogP contribution >= 0.6 is 0 Å². The van der Waals surface area contributed by atoms with Gasteiger partial charge in [0.05, 0.1) is 34.4 Å². The van der Waals surface area contributed by atoms with Crippen LogP contribution in [0.25, 0.3) is 0 Å². The molecule has 0 heterocycles. The molecular formula is C47H80NO7+. The highest BCUT2D eigenvalue weighted by Gasteiger charge is 2.31. The Labute approximate surface area is 336 Å². The first-order valence-electron chi connectivity index (χ1n) is 21.5. The van der Waals surface area contributed by atoms with Crippen molar-refractivity contribution >= 4 is 17.9 Å². The third-order valence-electron chi connectivity index (χ3n) is 9.12. The molecule has 0 rings (SSSR count). The zero-order valence-corrected chi connectivity index (χ0v) is 35.6. The van der Waals surface area contributed by atoms with Crippen molar-refractivity contribution in [3.05, 3.63) is 72.9 Å². The Hall–Kier alpha value is -3.23. The molecule has 2 atom stereocenters. The van der Waals surface area contributed by atoms with Crippen LogP contribution in [-0.4, -0.2) is 80.6 Å². The molecule has 0 aliphatic rings. The molecule has 0 fully saturated rings. The summed E-state index contributed by atoms with van der Waals surface area (Å²) in [5, 5.41) is 9.61. The largest absolute Gasteiger partial charge is 0.477 e. The zero-order chi connectivity index (χ0) is 40.7. The fourth-order valence-electron chi connectivity index (χ4n) is 5.78. The van der Waals surface area contributed by atoms with Crippen molar-refractivity contribution in [3.63, 3.8) is 0 Å². The van der Waals surface area contributed by atoms with Gasteiger partial charge in [0, 0.05) is 19.3 Å². The number of carboxylic acids is 1. The van der Waals surface area contributed by atoms with Crippen LogP contribution in [0.1, 0.15) is 155 Å². The van der Waals surface area contributed by atoms with Gasteiger partial charge < -0.3 is 23.8 Å². The summed E-state index contributed by atoms with van der Waals surface area (Å²) in [6, 6.07) is -0.625. The second-order valence-electron chi connectivity index (χ2n) is 15.2. The van der Waals surface area contributed by atoms with Crippen molar-refractivity contribution in [3.8, 4) is 0 Å². The van der Waals surface area contributed by atoms with Crippen LogP contribution in [-0.2, 0) is 28.6 Å². The normalized spacial score (nSPS) is 13.7. The van der Waals surface area contributed by atoms with Crippen LogP contribution in [0.15, 0.2) is 72.9 Å². The molecule has 2 unspecified atom stereocenters. The number of likely N-dealkylation sites (N-methyl/N-ethyl adjacent to an activating group) is 1. The number of nitrogens with zero attached hydrogens (tertiary/aromatic N) is 1. The van der Waals surface area contributed by atoms with E-state index >= 15 is 0 Å². The Morgan fingerprint density at radius 2 is 1.07 bits per heavy atom. The lowest BCUT2D eigenvalue weighted by Crippen LogP contribution is -2.50. The molecule has 0 aliphatic carbocycles. The van der Waals surface area contributed by atoms with Crippen LogP contribution in [0.5, 0.6) is 0 Å². The van der Waals surface area contributed by atoms with Crippen LogP contribution in [0.4, 0.5) is 0 Å². The number of carbonyl (C=O) groups is 3. The fourth-order valence-corrected chi connectivity index (χ4v) is 5.78. The average molecular weight is 771 g/mol. The highest BCUT2D eigenvalue weighted by Crippen LogP contribution is 2.13. The van der Waals surface area contributed by atoms with Crippen LogP contribution < -0.4 is 0 Å². The minimum Gasteiger partial charge on any atom is -0.477 e. The van der Waals surface area contributed by atoms with E-state index in [2.05, 4.69) is 86.8 Å². The summed E-state index contributed by atoms with van der Waals surface area (Å²) in [4.78, 5) is 36.9. The van der Waals surface area contributed by atoms with Crippen molar-refractivity contribution in [2.45, 2.75) is 167 Å². The topological polar surface area (TPSA) is 99.1 Å². The van der Waals surface area contributed by atoms with E-state index < -0.39 is 18.1 Å². The maximum absolute atomic E-state index is 12.7. The molecule has 0 amide bonds. The smallest absolute Gasteiger partial charge is 0.362 e. The predicted octanol–water partition coefficient (Wildman–Crippen LogP) is 11.6. The van der Waals surface area contributed by atoms with Gasteiger partial charge in [-0.3, -0.25) is 9.59 Å². The van der Waals surface area contributed by atoms with Crippen molar-refractivity contribution < 1.29 is 38.2 Å². The van der Waals surface area contributed by atoms with Gasteiger partial charge in [-0.1, -0.05) is 132 Å². The molecule has 0 spiro atoms. The number of esters is 2. The molecule has 0 aromatic rings. The van der Waals surface area contributed by atoms with Gasteiger partial charge in [-0.15, -0.1) is 0 Å². The van der Waals surface area contributed by atoms with Gasteiger partial charge in [0.15, 0.2) is 12.1 Å². The zero-order valence-electron chi connectivity index (χ0n) is 35.6. The summed E-state index contributed by atoms with van der Waals surface area (Å²) in [6.45, 7) is 4.53. The standard InChI is InChI=1S/C47H79NO7/c1-6-8-10-12-14-16-18-20-22-24-25-27-29-31-33-35-37-45(49)54-42-43(41-53-40-39-44(47(51)52)48(3,4)5)55-46(50)38-36-34-32-30-28-26-23-21-19-17-15-13-11-9-7-2/h8,10,14-17,19-22,25,27,43-44H,6-7,9,11-13,18,23-24,26,28-42H2,1-5H3/p+1/b10-8+,16-14+,17-15+,21-19+,22-20+,27-25+. The molecule has 55 heavy (non-hydrogen) atoms. The molecule has 0 saturated carbocycles. The third-order valence-corrected chi connectivity index (χ3v) is 9.12. The molecule has 8 heteroatoms. The molecule has 314 valence electrons. The number of allylic oxidation sites excluding steroid dienone is 12. The highest BCUT2D eigenvalue weighted by atomic mass is 16.6. The number of carbonyl (C=O) groups excluding carboxylic acids is 2. The van der Waals surface area contributed by atoms with Gasteiger partial charge in [0.2, 0.25) is 0 Å². The number of hydrogen-bond donors (Lipinski definition) is 1. The minimum atomic E-state index is -0.885. The van der Waals surface area contributed by atoms with Crippen molar-refractivity contribution in [1.29, 1.82) is 0 Å². The maximum Gasteiger partial charge on any atom is 0.362 e. The number of ether oxygens (including phenoxy) is 3. The first kappa shape index (κ1) is 51.8. The van der Waals surface area contributed by atoms with Gasteiger partial charge in [-0.25, -0.2) is 4.79 Å². The molecule has 0 radical (unpaired) electrons. The maximum atomic E-state index is 12.7. The quantitative estimate of drug-likeness (QED) is 0.0221. The number of quaternary nitrogens is 1. The van der Waals surface area contributed by atoms with Gasteiger partial charge in [0.25, 0.3) is 0 Å². The second kappa shape index (κ2) is 37.7. The van der Waals surface area contributed by atoms with Crippen LogP contribution in [0.2, 0.25) is 0 Å². The Morgan fingerprint density at radius 3 is 1.64 bits per heavy atom. The number of aliphatic carboxylic acids is 1. The van der Waals surface area contributed by atoms with Gasteiger partial charge in [0.1, 0.15) is 6.61 Å². The third kappa shape index (κ3) is 36.2. The van der Waals surface area contributed by atoms with Crippen molar-refractivity contribution in [2.75, 3.05) is 41.0 Å². The van der Waals surface area contributed by atoms with Gasteiger partial charge in [-0.05, 0) is 77.0 Å². The molecule has 8 nitrogen and oxygen atoms in total. The van der Waals surface area contributed by atoms with E-state index in [1.54, 1.807) is 0 Å². The molecule has 0 aromatic carbocycles. The fraction of sp³-hybridized carbons (Fsp3) is 0.681. The van der Waals surface area contributed by atoms with Crippen molar-refractivity contribution in [2.24, 2.45) is 0 Å². The number of unbranched alkanes of at least 4 members (excludes halogenated alkanes) is 12. The first-order valence-corrected chi connectivity index (χ1v) is 21.5. The molecular weight excluding hydrogens is 691 g/mol. The predicted molar refractivity (Wildman–Crippen MR) is 229 cm³/mol. The molecule has 0 aliphatic heterocycles. The molecule has 0 bridgehead atoms. The first-order chi connectivity index (χ1) is 26.6. The summed E-state index contributed by atoms with van der Waals surface area (Å²) < 4.78 is 17.2. The number of hydrogen-bond acceptors (Lipinski definition) is 6. The summed E-state index contributed by atoms with van der Waals surface area (Å²) in [5.74, 6) is -1.53. The summed E-state index contributed by atoms with van der Waals surface area (Å²) in [6.07, 6.45) is 46.5. The Bertz CT molecular complexity index is 1130. The monoisotopic (exact) mass is 771 g/mol. The minimum absolute atomic E-state index is 0.0421. The lowest BCUT2D eigenvalue weighted by molar-refractivity contribution is -0.887. The van der Waals surface area contributed by atoms with Crippen LogP contribution in [0, 0.1) is 0 Å². The Balaban J connectivity index is 4.45. The van der Waals surface area contributed by atoms with Crippen molar-refractivity contribution in [1.82, 2.24) is 0 Å². The summed E-state index contributed by atoms with van der Waals surface area (Å²) in [7, 11) is 5.50. The van der Waals surface area contributed by atoms with E-state index in [9.17, 15) is 19.5 Å². The average Bonchev–Trinajstić information content (AvgIpc) is 3.14. The van der Waals surface area contributed by atoms with E-state index in [1.807, 2.05) is 21.1 Å². The second-order valence-corrected chi connectivity index (χ2v) is 15.2. The summed E-state index contributed by atoms with van der Waals surface area (Å²) >= 11 is 0. The van der Waals surface area contributed by atoms with Gasteiger partial charge >= 0.3 is 17.9 Å². The number of rotatable bonds is 37. The molecule has 0 aromatic heterocycles. The van der Waals surface area contributed by atoms with Gasteiger partial charge in [-0.2, -0.15) is 0 Å². The number of carboxylic acid groups (broad SMARTS) is 1. The van der Waals surface area contributed by atoms with E-state index in [-0.39, 0.29) is 36.2 Å². The van der Waals surface area contributed by atoms with E-state index in [0.717, 1.165) is 89.9 Å². The Morgan fingerprint density at radius 1 is 0.582 bits per heavy atom. The van der Waals surface area contributed by atoms with E-state index in [1.165, 1.54) is 32.1 Å². The Kier molecular flexibility index (Phi) is 35.5.